The Hall–Kier alpha value is -3.13. The van der Waals surface area contributed by atoms with E-state index >= 15 is 0 Å². The number of hydrogen-bond acceptors (Lipinski definition) is 7. The standard InChI is InChI=1S/C30H41NO7/c1-6-36-25-17-20(18-26(37-7-2)28(25)38-8-3)29(32)31-16-15-30(33)14-10-9-11-23(30)27(31)22-13-12-21(34-4)19-24(22)35-5/h12-13,17-19,23,27,33H,6-11,14-16H2,1-5H3/t23-,27+,30+/m0/s1. The van der Waals surface area contributed by atoms with E-state index in [2.05, 4.69) is 0 Å². The van der Waals surface area contributed by atoms with E-state index in [1.807, 2.05) is 43.9 Å². The number of amides is 1. The number of ether oxygens (including phenoxy) is 5. The highest BCUT2D eigenvalue weighted by molar-refractivity contribution is 5.96. The maximum absolute atomic E-state index is 14.3. The van der Waals surface area contributed by atoms with E-state index < -0.39 is 5.60 Å². The molecule has 0 bridgehead atoms. The summed E-state index contributed by atoms with van der Waals surface area (Å²) in [7, 11) is 3.23. The molecule has 8 heteroatoms. The highest BCUT2D eigenvalue weighted by Gasteiger charge is 2.51. The third-order valence-corrected chi connectivity index (χ3v) is 7.74. The van der Waals surface area contributed by atoms with Gasteiger partial charge in [-0.25, -0.2) is 0 Å². The maximum atomic E-state index is 14.3. The van der Waals surface area contributed by atoms with Gasteiger partial charge >= 0.3 is 0 Å². The van der Waals surface area contributed by atoms with E-state index in [1.54, 1.807) is 26.4 Å². The number of nitrogens with zero attached hydrogens (tertiary/aromatic N) is 1. The monoisotopic (exact) mass is 527 g/mol. The van der Waals surface area contributed by atoms with Crippen molar-refractivity contribution < 1.29 is 33.6 Å². The second-order valence-corrected chi connectivity index (χ2v) is 9.86. The Balaban J connectivity index is 1.82. The number of fused-ring (bicyclic) bond motifs is 1. The quantitative estimate of drug-likeness (QED) is 0.442. The third kappa shape index (κ3) is 5.37. The first-order valence-corrected chi connectivity index (χ1v) is 13.7. The van der Waals surface area contributed by atoms with E-state index in [-0.39, 0.29) is 17.9 Å². The van der Waals surface area contributed by atoms with Crippen LogP contribution in [0, 0.1) is 5.92 Å². The second-order valence-electron chi connectivity index (χ2n) is 9.86. The third-order valence-electron chi connectivity index (χ3n) is 7.74. The summed E-state index contributed by atoms with van der Waals surface area (Å²) >= 11 is 0. The number of rotatable bonds is 10. The van der Waals surface area contributed by atoms with Crippen molar-refractivity contribution in [3.05, 3.63) is 41.5 Å². The number of aliphatic hydroxyl groups is 1. The summed E-state index contributed by atoms with van der Waals surface area (Å²) in [5.41, 5.74) is 0.503. The Morgan fingerprint density at radius 2 is 1.61 bits per heavy atom. The highest BCUT2D eigenvalue weighted by atomic mass is 16.5. The lowest BCUT2D eigenvalue weighted by atomic mass is 9.66. The molecule has 1 heterocycles. The number of hydrogen-bond donors (Lipinski definition) is 1. The van der Waals surface area contributed by atoms with Gasteiger partial charge in [0.25, 0.3) is 5.91 Å². The molecule has 0 aromatic heterocycles. The molecular weight excluding hydrogens is 486 g/mol. The zero-order chi connectivity index (χ0) is 27.3. The zero-order valence-electron chi connectivity index (χ0n) is 23.2. The van der Waals surface area contributed by atoms with E-state index in [1.165, 1.54) is 0 Å². The van der Waals surface area contributed by atoms with Gasteiger partial charge in [-0.3, -0.25) is 4.79 Å². The van der Waals surface area contributed by atoms with Crippen molar-refractivity contribution in [2.24, 2.45) is 5.92 Å². The molecule has 0 radical (unpaired) electrons. The van der Waals surface area contributed by atoms with Gasteiger partial charge < -0.3 is 33.7 Å². The van der Waals surface area contributed by atoms with Crippen molar-refractivity contribution in [1.29, 1.82) is 0 Å². The van der Waals surface area contributed by atoms with Crippen LogP contribution in [0.1, 0.15) is 74.8 Å². The molecule has 3 atom stereocenters. The van der Waals surface area contributed by atoms with Crippen LogP contribution in [-0.4, -0.2) is 62.1 Å². The van der Waals surface area contributed by atoms with E-state index in [9.17, 15) is 9.90 Å². The second kappa shape index (κ2) is 12.2. The van der Waals surface area contributed by atoms with Crippen LogP contribution in [0.5, 0.6) is 28.7 Å². The molecule has 38 heavy (non-hydrogen) atoms. The van der Waals surface area contributed by atoms with Crippen molar-refractivity contribution >= 4 is 5.91 Å². The fraction of sp³-hybridized carbons (Fsp3) is 0.567. The first-order valence-electron chi connectivity index (χ1n) is 13.7. The number of piperidine rings is 1. The molecule has 1 amide bonds. The van der Waals surface area contributed by atoms with Gasteiger partial charge in [0.2, 0.25) is 5.75 Å². The fourth-order valence-electron chi connectivity index (χ4n) is 6.04. The van der Waals surface area contributed by atoms with E-state index in [0.29, 0.717) is 67.1 Å². The molecule has 1 aliphatic heterocycles. The molecule has 2 aromatic carbocycles. The molecule has 2 aromatic rings. The van der Waals surface area contributed by atoms with Gasteiger partial charge in [-0.1, -0.05) is 12.8 Å². The number of benzene rings is 2. The summed E-state index contributed by atoms with van der Waals surface area (Å²) < 4.78 is 28.8. The van der Waals surface area contributed by atoms with Gasteiger partial charge in [0.15, 0.2) is 11.5 Å². The minimum atomic E-state index is -0.823. The van der Waals surface area contributed by atoms with Crippen molar-refractivity contribution in [2.45, 2.75) is 64.5 Å². The van der Waals surface area contributed by atoms with Crippen LogP contribution in [-0.2, 0) is 0 Å². The number of methoxy groups -OCH3 is 2. The van der Waals surface area contributed by atoms with Crippen molar-refractivity contribution in [1.82, 2.24) is 4.90 Å². The first-order chi connectivity index (χ1) is 18.4. The number of carbonyl (C=O) groups is 1. The van der Waals surface area contributed by atoms with Crippen LogP contribution in [0.3, 0.4) is 0 Å². The molecule has 1 aliphatic carbocycles. The van der Waals surface area contributed by atoms with Gasteiger partial charge in [0.05, 0.1) is 45.7 Å². The molecule has 4 rings (SSSR count). The molecule has 1 N–H and O–H groups in total. The van der Waals surface area contributed by atoms with Crippen molar-refractivity contribution in [2.75, 3.05) is 40.6 Å². The molecule has 208 valence electrons. The van der Waals surface area contributed by atoms with E-state index in [0.717, 1.165) is 31.2 Å². The van der Waals surface area contributed by atoms with Crippen molar-refractivity contribution in [3.63, 3.8) is 0 Å². The molecule has 2 fully saturated rings. The summed E-state index contributed by atoms with van der Waals surface area (Å²) in [6.45, 7) is 7.40. The Morgan fingerprint density at radius 3 is 2.21 bits per heavy atom. The molecule has 1 saturated carbocycles. The Bertz CT molecular complexity index is 1090. The van der Waals surface area contributed by atoms with Crippen LogP contribution in [0.4, 0.5) is 0 Å². The Kier molecular flexibility index (Phi) is 8.92. The summed E-state index contributed by atoms with van der Waals surface area (Å²) in [6, 6.07) is 8.80. The van der Waals surface area contributed by atoms with Crippen LogP contribution < -0.4 is 23.7 Å². The molecule has 1 saturated heterocycles. The zero-order valence-corrected chi connectivity index (χ0v) is 23.2. The molecule has 2 aliphatic rings. The normalized spacial score (nSPS) is 22.8. The summed E-state index contributed by atoms with van der Waals surface area (Å²) in [5, 5.41) is 11.7. The fourth-order valence-corrected chi connectivity index (χ4v) is 6.04. The Morgan fingerprint density at radius 1 is 0.921 bits per heavy atom. The van der Waals surface area contributed by atoms with Crippen LogP contribution in [0.25, 0.3) is 0 Å². The molecule has 0 spiro atoms. The lowest BCUT2D eigenvalue weighted by Crippen LogP contribution is -2.56. The SMILES string of the molecule is CCOc1cc(C(=O)N2CC[C@]3(O)CCCC[C@H]3[C@H]2c2ccc(OC)cc2OC)cc(OCC)c1OCC. The topological polar surface area (TPSA) is 86.7 Å². The number of likely N-dealkylation sites (tertiary alicyclic amines) is 1. The summed E-state index contributed by atoms with van der Waals surface area (Å²) in [5.74, 6) is 2.51. The van der Waals surface area contributed by atoms with Gasteiger partial charge in [-0.2, -0.15) is 0 Å². The van der Waals surface area contributed by atoms with Crippen LogP contribution in [0.2, 0.25) is 0 Å². The predicted molar refractivity (Wildman–Crippen MR) is 145 cm³/mol. The largest absolute Gasteiger partial charge is 0.497 e. The molecule has 0 unspecified atom stereocenters. The average Bonchev–Trinajstić information content (AvgIpc) is 2.93. The summed E-state index contributed by atoms with van der Waals surface area (Å²) in [6.07, 6.45) is 4.10. The summed E-state index contributed by atoms with van der Waals surface area (Å²) in [4.78, 5) is 16.2. The minimum absolute atomic E-state index is 0.114. The predicted octanol–water partition coefficient (Wildman–Crippen LogP) is 5.41. The van der Waals surface area contributed by atoms with Gasteiger partial charge in [0, 0.05) is 29.7 Å². The van der Waals surface area contributed by atoms with Gasteiger partial charge in [0.1, 0.15) is 11.5 Å². The van der Waals surface area contributed by atoms with Gasteiger partial charge in [-0.15, -0.1) is 0 Å². The molecular formula is C30H41NO7. The minimum Gasteiger partial charge on any atom is -0.497 e. The van der Waals surface area contributed by atoms with Crippen LogP contribution in [0.15, 0.2) is 30.3 Å². The van der Waals surface area contributed by atoms with Crippen molar-refractivity contribution in [3.8, 4) is 28.7 Å². The van der Waals surface area contributed by atoms with Crippen LogP contribution >= 0.6 is 0 Å². The number of carbonyl (C=O) groups excluding carboxylic acids is 1. The van der Waals surface area contributed by atoms with E-state index in [4.69, 9.17) is 23.7 Å². The first kappa shape index (κ1) is 27.9. The maximum Gasteiger partial charge on any atom is 0.254 e. The lowest BCUT2D eigenvalue weighted by molar-refractivity contribution is -0.115. The van der Waals surface area contributed by atoms with Gasteiger partial charge in [-0.05, 0) is 64.3 Å². The highest BCUT2D eigenvalue weighted by Crippen LogP contribution is 2.52. The smallest absolute Gasteiger partial charge is 0.254 e. The lowest BCUT2D eigenvalue weighted by Gasteiger charge is -2.52. The average molecular weight is 528 g/mol. The Labute approximate surface area is 225 Å². The molecule has 8 nitrogen and oxygen atoms in total.